The van der Waals surface area contributed by atoms with E-state index in [4.69, 9.17) is 17.0 Å². The van der Waals surface area contributed by atoms with E-state index in [0.29, 0.717) is 10.1 Å². The average Bonchev–Trinajstić information content (AvgIpc) is 2.84. The van der Waals surface area contributed by atoms with Crippen LogP contribution in [-0.2, 0) is 0 Å². The Bertz CT molecular complexity index is 806. The van der Waals surface area contributed by atoms with Crippen molar-refractivity contribution in [3.63, 3.8) is 0 Å². The molecule has 0 aromatic heterocycles. The summed E-state index contributed by atoms with van der Waals surface area (Å²) in [4.78, 5) is 1.93. The number of benzene rings is 2. The third-order valence-corrected chi connectivity index (χ3v) is 5.65. The van der Waals surface area contributed by atoms with Crippen LogP contribution in [0.25, 0.3) is 0 Å². The third-order valence-electron chi connectivity index (χ3n) is 4.09. The number of rotatable bonds is 4. The smallest absolute Gasteiger partial charge is 0.258 e. The van der Waals surface area contributed by atoms with Gasteiger partial charge in [0.05, 0.1) is 12.7 Å². The van der Waals surface area contributed by atoms with E-state index in [9.17, 15) is 5.21 Å². The molecule has 0 spiro atoms. The molecule has 6 heteroatoms. The maximum absolute atomic E-state index is 13.1. The SMILES string of the molecule is COc1ccccc1/C=[N+](\[O-])C1N(c2ccccc2)C(=S)SC1(C)C. The fraction of sp³-hybridized carbons (Fsp3) is 0.263. The molecule has 1 unspecified atom stereocenters. The highest BCUT2D eigenvalue weighted by atomic mass is 32.2. The summed E-state index contributed by atoms with van der Waals surface area (Å²) in [5.74, 6) is 0.667. The highest BCUT2D eigenvalue weighted by Gasteiger charge is 2.51. The van der Waals surface area contributed by atoms with Crippen LogP contribution in [0.2, 0.25) is 0 Å². The van der Waals surface area contributed by atoms with E-state index in [1.807, 2.05) is 73.3 Å². The maximum atomic E-state index is 13.1. The molecule has 130 valence electrons. The Hall–Kier alpha value is -2.05. The lowest BCUT2D eigenvalue weighted by Crippen LogP contribution is -2.48. The van der Waals surface area contributed by atoms with Crippen molar-refractivity contribution in [2.45, 2.75) is 24.8 Å². The fourth-order valence-corrected chi connectivity index (χ4v) is 4.89. The second-order valence-corrected chi connectivity index (χ2v) is 8.57. The summed E-state index contributed by atoms with van der Waals surface area (Å²) in [5.41, 5.74) is 1.66. The first-order valence-corrected chi connectivity index (χ1v) is 9.17. The molecule has 1 heterocycles. The Morgan fingerprint density at radius 2 is 1.80 bits per heavy atom. The zero-order chi connectivity index (χ0) is 18.0. The van der Waals surface area contributed by atoms with Crippen molar-refractivity contribution < 1.29 is 9.48 Å². The molecule has 0 radical (unpaired) electrons. The Morgan fingerprint density at radius 3 is 2.48 bits per heavy atom. The van der Waals surface area contributed by atoms with Crippen LogP contribution in [0, 0.1) is 5.21 Å². The Labute approximate surface area is 157 Å². The average molecular weight is 373 g/mol. The number of hydroxylamine groups is 1. The Balaban J connectivity index is 2.05. The van der Waals surface area contributed by atoms with Gasteiger partial charge in [0.2, 0.25) is 0 Å². The minimum atomic E-state index is -0.447. The van der Waals surface area contributed by atoms with E-state index in [0.717, 1.165) is 16.0 Å². The number of anilines is 1. The molecular formula is C19H20N2O2S2. The molecule has 0 amide bonds. The van der Waals surface area contributed by atoms with E-state index in [1.165, 1.54) is 0 Å². The normalized spacial score (nSPS) is 20.0. The second kappa shape index (κ2) is 7.06. The van der Waals surface area contributed by atoms with Gasteiger partial charge in [-0.1, -0.05) is 54.3 Å². The van der Waals surface area contributed by atoms with Gasteiger partial charge in [-0.05, 0) is 38.1 Å². The molecule has 1 atom stereocenters. The van der Waals surface area contributed by atoms with Gasteiger partial charge in [-0.25, -0.2) is 0 Å². The van der Waals surface area contributed by atoms with Gasteiger partial charge in [-0.2, -0.15) is 4.74 Å². The predicted octanol–water partition coefficient (Wildman–Crippen LogP) is 4.27. The van der Waals surface area contributed by atoms with Crippen LogP contribution in [0.3, 0.4) is 0 Å². The number of para-hydroxylation sites is 2. The van der Waals surface area contributed by atoms with Crippen LogP contribution in [0.5, 0.6) is 5.75 Å². The van der Waals surface area contributed by atoms with Crippen molar-refractivity contribution in [3.05, 3.63) is 65.4 Å². The van der Waals surface area contributed by atoms with Crippen LogP contribution in [0.1, 0.15) is 19.4 Å². The molecule has 0 saturated carbocycles. The predicted molar refractivity (Wildman–Crippen MR) is 109 cm³/mol. The molecule has 1 aliphatic rings. The first-order valence-electron chi connectivity index (χ1n) is 7.94. The third kappa shape index (κ3) is 3.50. The number of thiocarbonyl (C=S) groups is 1. The summed E-state index contributed by atoms with van der Waals surface area (Å²) < 4.78 is 6.69. The van der Waals surface area contributed by atoms with Gasteiger partial charge in [0.15, 0.2) is 6.21 Å². The molecule has 0 N–H and O–H groups in total. The van der Waals surface area contributed by atoms with E-state index < -0.39 is 6.17 Å². The first kappa shape index (κ1) is 17.8. The Kier molecular flexibility index (Phi) is 5.01. The summed E-state index contributed by atoms with van der Waals surface area (Å²) >= 11 is 7.11. The van der Waals surface area contributed by atoms with E-state index in [1.54, 1.807) is 25.1 Å². The van der Waals surface area contributed by atoms with Crippen molar-refractivity contribution in [1.82, 2.24) is 0 Å². The van der Waals surface area contributed by atoms with Gasteiger partial charge in [-0.15, -0.1) is 0 Å². The summed E-state index contributed by atoms with van der Waals surface area (Å²) in [6, 6.07) is 17.3. The first-order chi connectivity index (χ1) is 11.9. The highest BCUT2D eigenvalue weighted by molar-refractivity contribution is 8.24. The molecule has 3 rings (SSSR count). The van der Waals surface area contributed by atoms with Crippen LogP contribution in [0.4, 0.5) is 5.69 Å². The van der Waals surface area contributed by atoms with Crippen LogP contribution in [-0.4, -0.2) is 33.3 Å². The van der Waals surface area contributed by atoms with Gasteiger partial charge in [-0.3, -0.25) is 4.90 Å². The number of nitrogens with zero attached hydrogens (tertiary/aromatic N) is 2. The lowest BCUT2D eigenvalue weighted by molar-refractivity contribution is -0.497. The largest absolute Gasteiger partial charge is 0.622 e. The highest BCUT2D eigenvalue weighted by Crippen LogP contribution is 2.43. The summed E-state index contributed by atoms with van der Waals surface area (Å²) in [6.07, 6.45) is 1.13. The molecular weight excluding hydrogens is 352 g/mol. The van der Waals surface area contributed by atoms with Gasteiger partial charge < -0.3 is 9.94 Å². The molecule has 1 aliphatic heterocycles. The minimum Gasteiger partial charge on any atom is -0.622 e. The zero-order valence-electron chi connectivity index (χ0n) is 14.4. The number of methoxy groups -OCH3 is 1. The lowest BCUT2D eigenvalue weighted by atomic mass is 10.1. The van der Waals surface area contributed by atoms with Crippen LogP contribution in [0.15, 0.2) is 54.6 Å². The Morgan fingerprint density at radius 1 is 1.16 bits per heavy atom. The zero-order valence-corrected chi connectivity index (χ0v) is 16.0. The standard InChI is InChI=1S/C19H20N2O2S2/c1-19(2)17(20(22)13-14-9-7-8-12-16(14)23-3)21(18(24)25-19)15-10-5-4-6-11-15/h4-13,17H,1-3H3/b20-13-. The maximum Gasteiger partial charge on any atom is 0.258 e. The lowest BCUT2D eigenvalue weighted by Gasteiger charge is -2.29. The van der Waals surface area contributed by atoms with Crippen molar-refractivity contribution in [2.75, 3.05) is 12.0 Å². The van der Waals surface area contributed by atoms with Gasteiger partial charge in [0.1, 0.15) is 14.8 Å². The molecule has 1 saturated heterocycles. The molecule has 25 heavy (non-hydrogen) atoms. The number of thioether (sulfide) groups is 1. The second-order valence-electron chi connectivity index (χ2n) is 6.28. The molecule has 0 aliphatic carbocycles. The minimum absolute atomic E-state index is 0.354. The van der Waals surface area contributed by atoms with E-state index >= 15 is 0 Å². The monoisotopic (exact) mass is 372 g/mol. The fourth-order valence-electron chi connectivity index (χ4n) is 2.97. The van der Waals surface area contributed by atoms with Crippen LogP contribution < -0.4 is 9.64 Å². The quantitative estimate of drug-likeness (QED) is 0.263. The summed E-state index contributed by atoms with van der Waals surface area (Å²) in [7, 11) is 1.60. The summed E-state index contributed by atoms with van der Waals surface area (Å²) in [5, 5.41) is 13.1. The van der Waals surface area contributed by atoms with Gasteiger partial charge in [0.25, 0.3) is 6.17 Å². The van der Waals surface area contributed by atoms with Crippen molar-refractivity contribution >= 4 is 40.2 Å². The van der Waals surface area contributed by atoms with Crippen molar-refractivity contribution in [2.24, 2.45) is 0 Å². The van der Waals surface area contributed by atoms with Crippen LogP contribution >= 0.6 is 24.0 Å². The molecule has 2 aromatic carbocycles. The topological polar surface area (TPSA) is 38.5 Å². The molecule has 2 aromatic rings. The van der Waals surface area contributed by atoms with Crippen molar-refractivity contribution in [1.29, 1.82) is 0 Å². The number of hydrogen-bond acceptors (Lipinski definition) is 4. The number of ether oxygens (including phenoxy) is 1. The van der Waals surface area contributed by atoms with E-state index in [-0.39, 0.29) is 4.75 Å². The van der Waals surface area contributed by atoms with Gasteiger partial charge in [0, 0.05) is 5.69 Å². The van der Waals surface area contributed by atoms with Gasteiger partial charge >= 0.3 is 0 Å². The molecule has 1 fully saturated rings. The molecule has 4 nitrogen and oxygen atoms in total. The molecule has 0 bridgehead atoms. The van der Waals surface area contributed by atoms with E-state index in [2.05, 4.69) is 0 Å². The number of hydrogen-bond donors (Lipinski definition) is 0. The summed E-state index contributed by atoms with van der Waals surface area (Å²) in [6.45, 7) is 4.08. The van der Waals surface area contributed by atoms with Crippen molar-refractivity contribution in [3.8, 4) is 5.75 Å².